The molecule has 0 N–H and O–H groups in total. The molecule has 0 radical (unpaired) electrons. The van der Waals surface area contributed by atoms with Crippen molar-refractivity contribution in [3.05, 3.63) is 28.5 Å². The van der Waals surface area contributed by atoms with E-state index < -0.39 is 0 Å². The Hall–Kier alpha value is -1.09. The van der Waals surface area contributed by atoms with Crippen LogP contribution in [-0.2, 0) is 0 Å². The Labute approximate surface area is 121 Å². The fourth-order valence-corrected chi connectivity index (χ4v) is 2.26. The molecular formula is C15H23ClN2O. The summed E-state index contributed by atoms with van der Waals surface area (Å²) in [5.74, 6) is 0.833. The van der Waals surface area contributed by atoms with Gasteiger partial charge in [0.2, 0.25) is 0 Å². The highest BCUT2D eigenvalue weighted by molar-refractivity contribution is 6.33. The Morgan fingerprint density at radius 3 is 2.21 bits per heavy atom. The van der Waals surface area contributed by atoms with E-state index in [1.807, 2.05) is 11.8 Å². The SMILES string of the molecule is Cc1cc(Cl)c(C(=O)N(CC(C)C)CC(C)C)cn1. The van der Waals surface area contributed by atoms with Crippen molar-refractivity contribution in [3.63, 3.8) is 0 Å². The molecule has 4 heteroatoms. The van der Waals surface area contributed by atoms with Crippen molar-refractivity contribution in [3.8, 4) is 0 Å². The standard InChI is InChI=1S/C15H23ClN2O/c1-10(2)8-18(9-11(3)4)15(19)13-7-17-12(5)6-14(13)16/h6-7,10-11H,8-9H2,1-5H3. The van der Waals surface area contributed by atoms with E-state index >= 15 is 0 Å². The summed E-state index contributed by atoms with van der Waals surface area (Å²) in [7, 11) is 0. The largest absolute Gasteiger partial charge is 0.338 e. The molecule has 0 fully saturated rings. The number of hydrogen-bond acceptors (Lipinski definition) is 2. The highest BCUT2D eigenvalue weighted by Crippen LogP contribution is 2.19. The van der Waals surface area contributed by atoms with Gasteiger partial charge in [0, 0.05) is 25.0 Å². The molecule has 0 saturated carbocycles. The van der Waals surface area contributed by atoms with Crippen LogP contribution in [0.4, 0.5) is 0 Å². The number of nitrogens with zero attached hydrogens (tertiary/aromatic N) is 2. The normalized spacial score (nSPS) is 11.2. The smallest absolute Gasteiger partial charge is 0.256 e. The fourth-order valence-electron chi connectivity index (χ4n) is 1.98. The zero-order valence-electron chi connectivity index (χ0n) is 12.4. The molecule has 0 aliphatic rings. The summed E-state index contributed by atoms with van der Waals surface area (Å²) < 4.78 is 0. The number of rotatable bonds is 5. The van der Waals surface area contributed by atoms with Gasteiger partial charge in [0.05, 0.1) is 10.6 Å². The van der Waals surface area contributed by atoms with Gasteiger partial charge in [-0.15, -0.1) is 0 Å². The number of amides is 1. The lowest BCUT2D eigenvalue weighted by Gasteiger charge is -2.26. The van der Waals surface area contributed by atoms with Gasteiger partial charge in [0.25, 0.3) is 5.91 Å². The fraction of sp³-hybridized carbons (Fsp3) is 0.600. The molecule has 0 unspecified atom stereocenters. The van der Waals surface area contributed by atoms with Gasteiger partial charge < -0.3 is 4.90 Å². The van der Waals surface area contributed by atoms with Crippen LogP contribution < -0.4 is 0 Å². The number of aryl methyl sites for hydroxylation is 1. The summed E-state index contributed by atoms with van der Waals surface area (Å²) in [6, 6.07) is 1.73. The molecule has 0 atom stereocenters. The van der Waals surface area contributed by atoms with E-state index in [-0.39, 0.29) is 5.91 Å². The Kier molecular flexibility index (Phi) is 5.80. The molecule has 1 rings (SSSR count). The molecule has 1 amide bonds. The first-order valence-electron chi connectivity index (χ1n) is 6.72. The second kappa shape index (κ2) is 6.90. The highest BCUT2D eigenvalue weighted by Gasteiger charge is 2.20. The number of pyridine rings is 1. The zero-order chi connectivity index (χ0) is 14.6. The van der Waals surface area contributed by atoms with Crippen LogP contribution in [0.5, 0.6) is 0 Å². The number of hydrogen-bond donors (Lipinski definition) is 0. The maximum Gasteiger partial charge on any atom is 0.256 e. The van der Waals surface area contributed by atoms with Crippen molar-refractivity contribution in [1.29, 1.82) is 0 Å². The second-order valence-corrected chi connectivity index (χ2v) is 6.21. The summed E-state index contributed by atoms with van der Waals surface area (Å²) in [6.07, 6.45) is 1.58. The Bertz CT molecular complexity index is 434. The average molecular weight is 283 g/mol. The Balaban J connectivity index is 2.97. The van der Waals surface area contributed by atoms with Crippen molar-refractivity contribution >= 4 is 17.5 Å². The molecule has 19 heavy (non-hydrogen) atoms. The number of carbonyl (C=O) groups is 1. The summed E-state index contributed by atoms with van der Waals surface area (Å²) in [5, 5.41) is 0.481. The van der Waals surface area contributed by atoms with Crippen molar-refractivity contribution in [2.75, 3.05) is 13.1 Å². The average Bonchev–Trinajstić information content (AvgIpc) is 2.26. The van der Waals surface area contributed by atoms with Crippen molar-refractivity contribution in [2.45, 2.75) is 34.6 Å². The lowest BCUT2D eigenvalue weighted by Crippen LogP contribution is -2.37. The van der Waals surface area contributed by atoms with Crippen LogP contribution in [0, 0.1) is 18.8 Å². The highest BCUT2D eigenvalue weighted by atomic mass is 35.5. The molecule has 1 heterocycles. The molecule has 0 aliphatic heterocycles. The first-order chi connectivity index (χ1) is 8.81. The molecule has 0 bridgehead atoms. The second-order valence-electron chi connectivity index (χ2n) is 5.80. The van der Waals surface area contributed by atoms with E-state index in [1.165, 1.54) is 0 Å². The van der Waals surface area contributed by atoms with Gasteiger partial charge in [-0.25, -0.2) is 0 Å². The zero-order valence-corrected chi connectivity index (χ0v) is 13.2. The van der Waals surface area contributed by atoms with Crippen LogP contribution >= 0.6 is 11.6 Å². The number of halogens is 1. The van der Waals surface area contributed by atoms with Crippen molar-refractivity contribution in [2.24, 2.45) is 11.8 Å². The van der Waals surface area contributed by atoms with E-state index in [0.717, 1.165) is 18.8 Å². The maximum absolute atomic E-state index is 12.5. The summed E-state index contributed by atoms with van der Waals surface area (Å²) >= 11 is 6.15. The van der Waals surface area contributed by atoms with Crippen LogP contribution in [0.15, 0.2) is 12.3 Å². The number of aromatic nitrogens is 1. The van der Waals surface area contributed by atoms with Crippen LogP contribution in [0.2, 0.25) is 5.02 Å². The predicted octanol–water partition coefficient (Wildman–Crippen LogP) is 3.80. The third-order valence-corrected chi connectivity index (χ3v) is 2.99. The minimum atomic E-state index is -0.0279. The predicted molar refractivity (Wildman–Crippen MR) is 79.6 cm³/mol. The summed E-state index contributed by atoms with van der Waals surface area (Å²) in [4.78, 5) is 18.6. The first-order valence-corrected chi connectivity index (χ1v) is 7.10. The van der Waals surface area contributed by atoms with Gasteiger partial charge >= 0.3 is 0 Å². The van der Waals surface area contributed by atoms with Gasteiger partial charge in [-0.05, 0) is 24.8 Å². The molecule has 0 saturated heterocycles. The minimum absolute atomic E-state index is 0.0279. The first kappa shape index (κ1) is 16.0. The summed E-state index contributed by atoms with van der Waals surface area (Å²) in [5.41, 5.74) is 1.31. The summed E-state index contributed by atoms with van der Waals surface area (Å²) in [6.45, 7) is 11.8. The monoisotopic (exact) mass is 282 g/mol. The van der Waals surface area contributed by atoms with Crippen molar-refractivity contribution in [1.82, 2.24) is 9.88 Å². The van der Waals surface area contributed by atoms with E-state index in [9.17, 15) is 4.79 Å². The third-order valence-electron chi connectivity index (χ3n) is 2.68. The van der Waals surface area contributed by atoms with Crippen LogP contribution in [-0.4, -0.2) is 28.9 Å². The molecule has 1 aromatic rings. The minimum Gasteiger partial charge on any atom is -0.338 e. The quantitative estimate of drug-likeness (QED) is 0.823. The Morgan fingerprint density at radius 1 is 1.26 bits per heavy atom. The maximum atomic E-state index is 12.5. The molecular weight excluding hydrogens is 260 g/mol. The topological polar surface area (TPSA) is 33.2 Å². The van der Waals surface area contributed by atoms with Crippen molar-refractivity contribution < 1.29 is 4.79 Å². The van der Waals surface area contributed by atoms with Crippen LogP contribution in [0.1, 0.15) is 43.7 Å². The number of carbonyl (C=O) groups excluding carboxylic acids is 1. The molecule has 0 spiro atoms. The van der Waals surface area contributed by atoms with E-state index in [2.05, 4.69) is 32.7 Å². The lowest BCUT2D eigenvalue weighted by molar-refractivity contribution is 0.0715. The molecule has 3 nitrogen and oxygen atoms in total. The Morgan fingerprint density at radius 2 is 1.79 bits per heavy atom. The van der Waals surface area contributed by atoms with Gasteiger partial charge in [-0.1, -0.05) is 39.3 Å². The lowest BCUT2D eigenvalue weighted by atomic mass is 10.1. The third kappa shape index (κ3) is 4.83. The molecule has 0 aliphatic carbocycles. The van der Waals surface area contributed by atoms with Crippen LogP contribution in [0.3, 0.4) is 0 Å². The molecule has 0 aromatic carbocycles. The van der Waals surface area contributed by atoms with Gasteiger partial charge in [-0.2, -0.15) is 0 Å². The van der Waals surface area contributed by atoms with Gasteiger partial charge in [0.1, 0.15) is 0 Å². The molecule has 106 valence electrons. The molecule has 1 aromatic heterocycles. The van der Waals surface area contributed by atoms with E-state index in [1.54, 1.807) is 12.3 Å². The van der Waals surface area contributed by atoms with E-state index in [4.69, 9.17) is 11.6 Å². The van der Waals surface area contributed by atoms with E-state index in [0.29, 0.717) is 22.4 Å². The van der Waals surface area contributed by atoms with Gasteiger partial charge in [0.15, 0.2) is 0 Å². The van der Waals surface area contributed by atoms with Crippen LogP contribution in [0.25, 0.3) is 0 Å². The van der Waals surface area contributed by atoms with Gasteiger partial charge in [-0.3, -0.25) is 9.78 Å².